The molecule has 1 heterocycles. The van der Waals surface area contributed by atoms with Crippen LogP contribution < -0.4 is 5.32 Å². The summed E-state index contributed by atoms with van der Waals surface area (Å²) in [4.78, 5) is 11.4. The van der Waals surface area contributed by atoms with Crippen molar-refractivity contribution in [3.05, 3.63) is 22.6 Å². The van der Waals surface area contributed by atoms with Gasteiger partial charge in [0.2, 0.25) is 0 Å². The molecule has 84 valence electrons. The maximum atomic E-state index is 11.4. The third-order valence-corrected chi connectivity index (χ3v) is 2.46. The van der Waals surface area contributed by atoms with Crippen molar-refractivity contribution in [3.63, 3.8) is 0 Å². The Hall–Kier alpha value is -0.810. The number of aliphatic hydroxyl groups excluding tert-OH is 1. The normalized spacial score (nSPS) is 12.5. The lowest BCUT2D eigenvalue weighted by Gasteiger charge is -2.07. The van der Waals surface area contributed by atoms with E-state index in [-0.39, 0.29) is 17.8 Å². The Morgan fingerprint density at radius 3 is 2.93 bits per heavy atom. The third kappa shape index (κ3) is 4.05. The molecule has 0 aliphatic heterocycles. The van der Waals surface area contributed by atoms with E-state index in [2.05, 4.69) is 21.2 Å². The molecule has 0 saturated heterocycles. The summed E-state index contributed by atoms with van der Waals surface area (Å²) in [5.41, 5.74) is 0. The topological polar surface area (TPSA) is 62.5 Å². The molecule has 0 fully saturated rings. The zero-order chi connectivity index (χ0) is 11.3. The molecular formula is C10H14BrNO3. The molecular weight excluding hydrogens is 262 g/mol. The molecule has 1 atom stereocenters. The first-order valence-corrected chi connectivity index (χ1v) is 5.64. The second-order valence-electron chi connectivity index (χ2n) is 3.21. The number of hydrogen-bond donors (Lipinski definition) is 2. The highest BCUT2D eigenvalue weighted by molar-refractivity contribution is 9.10. The summed E-state index contributed by atoms with van der Waals surface area (Å²) in [7, 11) is 0. The minimum atomic E-state index is -0.353. The first-order chi connectivity index (χ1) is 7.13. The van der Waals surface area contributed by atoms with Gasteiger partial charge in [-0.1, -0.05) is 6.92 Å². The number of halogens is 1. The Balaban J connectivity index is 2.31. The van der Waals surface area contributed by atoms with Gasteiger partial charge in [-0.25, -0.2) is 0 Å². The molecule has 0 saturated carbocycles. The standard InChI is InChI=1S/C10H14BrNO3/c1-2-7(13)5-6-12-10(14)8-3-4-9(11)15-8/h3-4,7,13H,2,5-6H2,1H3,(H,12,14). The number of nitrogens with one attached hydrogen (secondary N) is 1. The highest BCUT2D eigenvalue weighted by Gasteiger charge is 2.10. The number of aliphatic hydroxyl groups is 1. The fourth-order valence-electron chi connectivity index (χ4n) is 1.08. The Kier molecular flexibility index (Phi) is 4.84. The van der Waals surface area contributed by atoms with E-state index >= 15 is 0 Å². The molecule has 0 spiro atoms. The molecule has 15 heavy (non-hydrogen) atoms. The van der Waals surface area contributed by atoms with E-state index in [9.17, 15) is 9.90 Å². The van der Waals surface area contributed by atoms with Crippen molar-refractivity contribution in [3.8, 4) is 0 Å². The van der Waals surface area contributed by atoms with Gasteiger partial charge in [0.05, 0.1) is 6.10 Å². The minimum absolute atomic E-state index is 0.260. The van der Waals surface area contributed by atoms with Crippen LogP contribution in [0.25, 0.3) is 0 Å². The summed E-state index contributed by atoms with van der Waals surface area (Å²) in [6, 6.07) is 3.26. The molecule has 1 unspecified atom stereocenters. The van der Waals surface area contributed by atoms with Gasteiger partial charge in [-0.2, -0.15) is 0 Å². The predicted octanol–water partition coefficient (Wildman–Crippen LogP) is 1.93. The van der Waals surface area contributed by atoms with Crippen molar-refractivity contribution >= 4 is 21.8 Å². The average Bonchev–Trinajstić information content (AvgIpc) is 2.64. The number of rotatable bonds is 5. The molecule has 0 bridgehead atoms. The first kappa shape index (κ1) is 12.3. The molecule has 0 aliphatic carbocycles. The molecule has 0 aromatic carbocycles. The Labute approximate surface area is 96.8 Å². The van der Waals surface area contributed by atoms with Crippen molar-refractivity contribution in [1.82, 2.24) is 5.32 Å². The monoisotopic (exact) mass is 275 g/mol. The molecule has 5 heteroatoms. The number of carbonyl (C=O) groups excluding carboxylic acids is 1. The molecule has 4 nitrogen and oxygen atoms in total. The molecule has 1 aromatic rings. The van der Waals surface area contributed by atoms with E-state index in [1.807, 2.05) is 6.92 Å². The van der Waals surface area contributed by atoms with Crippen molar-refractivity contribution in [2.24, 2.45) is 0 Å². The minimum Gasteiger partial charge on any atom is -0.444 e. The van der Waals surface area contributed by atoms with Gasteiger partial charge >= 0.3 is 0 Å². The van der Waals surface area contributed by atoms with Gasteiger partial charge in [0.25, 0.3) is 5.91 Å². The smallest absolute Gasteiger partial charge is 0.287 e. The SMILES string of the molecule is CCC(O)CCNC(=O)c1ccc(Br)o1. The lowest BCUT2D eigenvalue weighted by atomic mass is 10.2. The quantitative estimate of drug-likeness (QED) is 0.863. The zero-order valence-corrected chi connectivity index (χ0v) is 10.1. The van der Waals surface area contributed by atoms with E-state index in [0.717, 1.165) is 0 Å². The molecule has 0 aliphatic rings. The molecule has 0 radical (unpaired) electrons. The Bertz CT molecular complexity index is 324. The van der Waals surface area contributed by atoms with Crippen LogP contribution in [0, 0.1) is 0 Å². The number of amides is 1. The Morgan fingerprint density at radius 2 is 2.40 bits per heavy atom. The van der Waals surface area contributed by atoms with Gasteiger partial charge < -0.3 is 14.8 Å². The summed E-state index contributed by atoms with van der Waals surface area (Å²) in [6.07, 6.45) is 0.903. The van der Waals surface area contributed by atoms with Gasteiger partial charge in [-0.05, 0) is 40.9 Å². The molecule has 2 N–H and O–H groups in total. The number of hydrogen-bond acceptors (Lipinski definition) is 3. The summed E-state index contributed by atoms with van der Waals surface area (Å²) in [5.74, 6) is 0.0110. The van der Waals surface area contributed by atoms with Crippen LogP contribution in [0.4, 0.5) is 0 Å². The largest absolute Gasteiger partial charge is 0.444 e. The van der Waals surface area contributed by atoms with Crippen LogP contribution in [0.3, 0.4) is 0 Å². The molecule has 1 rings (SSSR count). The van der Waals surface area contributed by atoms with Crippen LogP contribution in [0.5, 0.6) is 0 Å². The number of carbonyl (C=O) groups is 1. The molecule has 1 aromatic heterocycles. The Morgan fingerprint density at radius 1 is 1.67 bits per heavy atom. The highest BCUT2D eigenvalue weighted by atomic mass is 79.9. The van der Waals surface area contributed by atoms with E-state index in [1.165, 1.54) is 0 Å². The fourth-order valence-corrected chi connectivity index (χ4v) is 1.39. The van der Waals surface area contributed by atoms with E-state index < -0.39 is 0 Å². The van der Waals surface area contributed by atoms with Gasteiger partial charge in [0.1, 0.15) is 0 Å². The molecule has 1 amide bonds. The predicted molar refractivity (Wildman–Crippen MR) is 59.7 cm³/mol. The second kappa shape index (κ2) is 5.92. The van der Waals surface area contributed by atoms with Crippen LogP contribution in [0.15, 0.2) is 21.2 Å². The van der Waals surface area contributed by atoms with Crippen molar-refractivity contribution in [1.29, 1.82) is 0 Å². The van der Waals surface area contributed by atoms with Crippen molar-refractivity contribution in [2.75, 3.05) is 6.54 Å². The van der Waals surface area contributed by atoms with Gasteiger partial charge in [-0.15, -0.1) is 0 Å². The van der Waals surface area contributed by atoms with Crippen molar-refractivity contribution in [2.45, 2.75) is 25.9 Å². The third-order valence-electron chi connectivity index (χ3n) is 2.03. The number of furan rings is 1. The summed E-state index contributed by atoms with van der Waals surface area (Å²) < 4.78 is 5.60. The fraction of sp³-hybridized carbons (Fsp3) is 0.500. The first-order valence-electron chi connectivity index (χ1n) is 4.85. The van der Waals surface area contributed by atoms with Crippen LogP contribution >= 0.6 is 15.9 Å². The zero-order valence-electron chi connectivity index (χ0n) is 8.50. The average molecular weight is 276 g/mol. The summed E-state index contributed by atoms with van der Waals surface area (Å²) in [6.45, 7) is 2.35. The van der Waals surface area contributed by atoms with Crippen LogP contribution in [0.1, 0.15) is 30.3 Å². The van der Waals surface area contributed by atoms with E-state index in [0.29, 0.717) is 24.1 Å². The van der Waals surface area contributed by atoms with Gasteiger partial charge in [-0.3, -0.25) is 4.79 Å². The van der Waals surface area contributed by atoms with Crippen LogP contribution in [-0.2, 0) is 0 Å². The van der Waals surface area contributed by atoms with Crippen molar-refractivity contribution < 1.29 is 14.3 Å². The van der Waals surface area contributed by atoms with E-state index in [4.69, 9.17) is 4.42 Å². The lowest BCUT2D eigenvalue weighted by Crippen LogP contribution is -2.26. The maximum Gasteiger partial charge on any atom is 0.287 e. The summed E-state index contributed by atoms with van der Waals surface area (Å²) >= 11 is 3.12. The second-order valence-corrected chi connectivity index (χ2v) is 3.99. The van der Waals surface area contributed by atoms with Gasteiger partial charge in [0, 0.05) is 6.54 Å². The van der Waals surface area contributed by atoms with Gasteiger partial charge in [0.15, 0.2) is 10.4 Å². The highest BCUT2D eigenvalue weighted by Crippen LogP contribution is 2.13. The lowest BCUT2D eigenvalue weighted by molar-refractivity contribution is 0.0913. The van der Waals surface area contributed by atoms with E-state index in [1.54, 1.807) is 12.1 Å². The summed E-state index contributed by atoms with van der Waals surface area (Å²) in [5, 5.41) is 11.9. The van der Waals surface area contributed by atoms with Crippen LogP contribution in [-0.4, -0.2) is 23.7 Å². The van der Waals surface area contributed by atoms with Crippen LogP contribution in [0.2, 0.25) is 0 Å². The maximum absolute atomic E-state index is 11.4.